The van der Waals surface area contributed by atoms with E-state index in [0.717, 1.165) is 5.56 Å². The van der Waals surface area contributed by atoms with E-state index in [-0.39, 0.29) is 17.7 Å². The largest absolute Gasteiger partial charge is 0.617 e. The van der Waals surface area contributed by atoms with E-state index in [9.17, 15) is 8.94 Å². The summed E-state index contributed by atoms with van der Waals surface area (Å²) in [6, 6.07) is 3.24. The van der Waals surface area contributed by atoms with Gasteiger partial charge in [0.1, 0.15) is 23.3 Å². The molecule has 0 saturated heterocycles. The Balaban J connectivity index is 1.63. The normalized spacial score (nSPS) is 16.2. The lowest BCUT2D eigenvalue weighted by Crippen LogP contribution is -2.25. The highest BCUT2D eigenvalue weighted by Gasteiger charge is 2.18. The third-order valence-corrected chi connectivity index (χ3v) is 5.52. The lowest BCUT2D eigenvalue weighted by Gasteiger charge is -2.08. The number of aryl methyl sites for hydroxylation is 1. The van der Waals surface area contributed by atoms with Crippen LogP contribution in [0.2, 0.25) is 0 Å². The van der Waals surface area contributed by atoms with E-state index in [4.69, 9.17) is 9.47 Å². The van der Waals surface area contributed by atoms with Gasteiger partial charge in [0.2, 0.25) is 5.88 Å². The molecule has 1 aromatic carbocycles. The van der Waals surface area contributed by atoms with Gasteiger partial charge in [0.25, 0.3) is 0 Å². The summed E-state index contributed by atoms with van der Waals surface area (Å²) in [5.41, 5.74) is 1.39. The van der Waals surface area contributed by atoms with Crippen LogP contribution in [0.3, 0.4) is 0 Å². The molecule has 0 fully saturated rings. The van der Waals surface area contributed by atoms with Gasteiger partial charge in [0, 0.05) is 17.2 Å². The number of aromatic nitrogens is 3. The first-order valence-corrected chi connectivity index (χ1v) is 11.0. The van der Waals surface area contributed by atoms with Crippen LogP contribution in [0.15, 0.2) is 29.6 Å². The van der Waals surface area contributed by atoms with Gasteiger partial charge in [-0.3, -0.25) is 4.99 Å². The highest BCUT2D eigenvalue weighted by atomic mass is 32.2. The first-order chi connectivity index (χ1) is 13.9. The van der Waals surface area contributed by atoms with Crippen LogP contribution < -0.4 is 20.0 Å². The Morgan fingerprint density at radius 1 is 1.31 bits per heavy atom. The Kier molecular flexibility index (Phi) is 5.42. The molecular formula is C20H21FN4O3S. The Morgan fingerprint density at radius 2 is 2.14 bits per heavy atom. The van der Waals surface area contributed by atoms with Crippen molar-refractivity contribution in [2.75, 3.05) is 18.6 Å². The zero-order chi connectivity index (χ0) is 20.5. The third kappa shape index (κ3) is 3.92. The second kappa shape index (κ2) is 8.00. The molecule has 152 valence electrons. The average Bonchev–Trinajstić information content (AvgIpc) is 3.22. The summed E-state index contributed by atoms with van der Waals surface area (Å²) in [4.78, 5) is 8.55. The quantitative estimate of drug-likeness (QED) is 0.434. The maximum absolute atomic E-state index is 14.9. The Hall–Kier alpha value is -2.65. The van der Waals surface area contributed by atoms with Crippen molar-refractivity contribution in [3.63, 3.8) is 0 Å². The van der Waals surface area contributed by atoms with Crippen molar-refractivity contribution in [2.24, 2.45) is 4.99 Å². The number of hydrogen-bond donors (Lipinski definition) is 0. The Morgan fingerprint density at radius 3 is 2.93 bits per heavy atom. The van der Waals surface area contributed by atoms with Crippen LogP contribution in [0.4, 0.5) is 4.39 Å². The maximum atomic E-state index is 14.9. The van der Waals surface area contributed by atoms with Crippen molar-refractivity contribution in [2.45, 2.75) is 26.3 Å². The van der Waals surface area contributed by atoms with Gasteiger partial charge in [-0.25, -0.2) is 8.91 Å². The van der Waals surface area contributed by atoms with Crippen LogP contribution in [0.1, 0.15) is 18.9 Å². The molecule has 3 aromatic rings. The number of fused-ring (bicyclic) bond motifs is 2. The number of rotatable bonds is 7. The molecular weight excluding hydrogens is 395 g/mol. The van der Waals surface area contributed by atoms with Gasteiger partial charge < -0.3 is 14.0 Å². The molecule has 3 heterocycles. The molecule has 2 aromatic heterocycles. The van der Waals surface area contributed by atoms with Crippen molar-refractivity contribution in [3.8, 4) is 17.4 Å². The predicted molar refractivity (Wildman–Crippen MR) is 108 cm³/mol. The van der Waals surface area contributed by atoms with E-state index in [2.05, 4.69) is 15.1 Å². The topological polar surface area (TPSA) is 84.1 Å². The third-order valence-electron chi connectivity index (χ3n) is 4.66. The Bertz CT molecular complexity index is 1180. The fraction of sp³-hybridized carbons (Fsp3) is 0.350. The zero-order valence-electron chi connectivity index (χ0n) is 16.4. The molecule has 9 heteroatoms. The molecule has 0 spiro atoms. The fourth-order valence-electron chi connectivity index (χ4n) is 3.28. The second-order valence-corrected chi connectivity index (χ2v) is 8.46. The fourth-order valence-corrected chi connectivity index (χ4v) is 3.81. The first kappa shape index (κ1) is 19.7. The zero-order valence-corrected chi connectivity index (χ0v) is 17.2. The van der Waals surface area contributed by atoms with Crippen molar-refractivity contribution < 1.29 is 18.4 Å². The minimum Gasteiger partial charge on any atom is -0.617 e. The molecule has 0 N–H and O–H groups in total. The molecule has 7 nitrogen and oxygen atoms in total. The first-order valence-electron chi connectivity index (χ1n) is 9.26. The molecule has 2 atom stereocenters. The predicted octanol–water partition coefficient (Wildman–Crippen LogP) is 1.92. The van der Waals surface area contributed by atoms with E-state index in [0.29, 0.717) is 40.6 Å². The van der Waals surface area contributed by atoms with E-state index in [1.807, 2.05) is 13.8 Å². The molecule has 0 bridgehead atoms. The monoisotopic (exact) mass is 416 g/mol. The summed E-state index contributed by atoms with van der Waals surface area (Å²) in [6.07, 6.45) is 7.20. The van der Waals surface area contributed by atoms with E-state index < -0.39 is 17.0 Å². The van der Waals surface area contributed by atoms with Crippen LogP contribution in [-0.4, -0.2) is 43.8 Å². The molecule has 1 aliphatic rings. The SMILES string of the molecule is Cc1c(OCCC[S+](C)[O-])cn2ncnc(Oc3ccc4c(c3F)=CC(C)N=4)c12. The number of nitrogens with zero attached hydrogens (tertiary/aromatic N) is 4. The van der Waals surface area contributed by atoms with Crippen LogP contribution in [-0.2, 0) is 11.2 Å². The molecule has 0 aliphatic carbocycles. The van der Waals surface area contributed by atoms with E-state index in [1.54, 1.807) is 35.2 Å². The molecule has 29 heavy (non-hydrogen) atoms. The van der Waals surface area contributed by atoms with Crippen LogP contribution >= 0.6 is 0 Å². The van der Waals surface area contributed by atoms with Gasteiger partial charge in [-0.2, -0.15) is 10.1 Å². The van der Waals surface area contributed by atoms with Crippen molar-refractivity contribution in [1.29, 1.82) is 0 Å². The molecule has 0 amide bonds. The maximum Gasteiger partial charge on any atom is 0.247 e. The number of hydrogen-bond acceptors (Lipinski definition) is 6. The molecule has 1 aliphatic heterocycles. The summed E-state index contributed by atoms with van der Waals surface area (Å²) >= 11 is -0.847. The van der Waals surface area contributed by atoms with E-state index >= 15 is 0 Å². The van der Waals surface area contributed by atoms with Crippen molar-refractivity contribution in [1.82, 2.24) is 14.6 Å². The number of benzene rings is 1. The molecule has 4 rings (SSSR count). The lowest BCUT2D eigenvalue weighted by molar-refractivity contribution is 0.316. The van der Waals surface area contributed by atoms with Gasteiger partial charge in [-0.1, -0.05) is 11.2 Å². The van der Waals surface area contributed by atoms with E-state index in [1.165, 1.54) is 6.33 Å². The molecule has 2 unspecified atom stereocenters. The lowest BCUT2D eigenvalue weighted by atomic mass is 10.2. The van der Waals surface area contributed by atoms with Gasteiger partial charge in [0.15, 0.2) is 11.6 Å². The van der Waals surface area contributed by atoms with Gasteiger partial charge in [-0.05, 0) is 32.1 Å². The summed E-state index contributed by atoms with van der Waals surface area (Å²) in [5.74, 6) is 1.08. The van der Waals surface area contributed by atoms with Crippen LogP contribution in [0.5, 0.6) is 17.4 Å². The van der Waals surface area contributed by atoms with Crippen molar-refractivity contribution in [3.05, 3.63) is 46.6 Å². The minimum absolute atomic E-state index is 0.0572. The summed E-state index contributed by atoms with van der Waals surface area (Å²) in [7, 11) is 0. The highest BCUT2D eigenvalue weighted by molar-refractivity contribution is 7.90. The average molecular weight is 416 g/mol. The minimum atomic E-state index is -0.847. The van der Waals surface area contributed by atoms with Crippen molar-refractivity contribution >= 4 is 22.8 Å². The Labute approximate surface area is 170 Å². The summed E-state index contributed by atoms with van der Waals surface area (Å²) in [5, 5.41) is 5.27. The highest BCUT2D eigenvalue weighted by Crippen LogP contribution is 2.32. The summed E-state index contributed by atoms with van der Waals surface area (Å²) in [6.45, 7) is 4.21. The summed E-state index contributed by atoms with van der Waals surface area (Å²) < 4.78 is 39.3. The smallest absolute Gasteiger partial charge is 0.247 e. The number of ether oxygens (including phenoxy) is 2. The molecule has 0 radical (unpaired) electrons. The van der Waals surface area contributed by atoms with Gasteiger partial charge in [0.05, 0.1) is 30.5 Å². The van der Waals surface area contributed by atoms with Gasteiger partial charge >= 0.3 is 0 Å². The number of halogens is 1. The van der Waals surface area contributed by atoms with Crippen LogP contribution in [0.25, 0.3) is 11.6 Å². The van der Waals surface area contributed by atoms with Crippen LogP contribution in [0, 0.1) is 12.7 Å². The molecule has 0 saturated carbocycles. The second-order valence-electron chi connectivity index (χ2n) is 6.90. The van der Waals surface area contributed by atoms with Gasteiger partial charge in [-0.15, -0.1) is 0 Å². The standard InChI is InChI=1S/C20H21FN4O3S/c1-12-9-14-15(24-12)5-6-16(18(14)21)28-20-19-13(2)17(10-25(19)23-11-22-20)27-7-4-8-29(3)26/h5-6,9-12H,4,7-8H2,1-3H3.